The van der Waals surface area contributed by atoms with E-state index in [0.29, 0.717) is 17.7 Å². The third kappa shape index (κ3) is 7.18. The van der Waals surface area contributed by atoms with Crippen molar-refractivity contribution in [2.24, 2.45) is 5.73 Å². The minimum Gasteiger partial charge on any atom is -0.490 e. The van der Waals surface area contributed by atoms with Gasteiger partial charge in [0.05, 0.1) is 24.1 Å². The molecule has 4 rings (SSSR count). The molecule has 0 saturated carbocycles. The first-order chi connectivity index (χ1) is 16.8. The number of methoxy groups -OCH3 is 1. The third-order valence-electron chi connectivity index (χ3n) is 6.53. The predicted octanol–water partition coefficient (Wildman–Crippen LogP) is 3.76. The highest BCUT2D eigenvalue weighted by atomic mass is 35.5. The number of benzene rings is 2. The highest BCUT2D eigenvalue weighted by Gasteiger charge is 2.39. The molecule has 37 heavy (non-hydrogen) atoms. The molecule has 2 heterocycles. The average Bonchev–Trinajstić information content (AvgIpc) is 3.24. The molecule has 0 radical (unpaired) electrons. The van der Waals surface area contributed by atoms with Gasteiger partial charge in [0.15, 0.2) is 0 Å². The van der Waals surface area contributed by atoms with Crippen LogP contribution in [-0.4, -0.2) is 59.0 Å². The summed E-state index contributed by atoms with van der Waals surface area (Å²) in [7, 11) is -1.94. The van der Waals surface area contributed by atoms with E-state index in [0.717, 1.165) is 48.4 Å². The monoisotopic (exact) mass is 570 g/mol. The number of anilines is 1. The van der Waals surface area contributed by atoms with E-state index < -0.39 is 16.1 Å². The number of hydrogen-bond acceptors (Lipinski definition) is 6. The van der Waals surface area contributed by atoms with Crippen LogP contribution >= 0.6 is 24.8 Å². The molecular weight excluding hydrogens is 535 g/mol. The van der Waals surface area contributed by atoms with E-state index in [1.165, 1.54) is 4.31 Å². The Labute approximate surface area is 232 Å². The van der Waals surface area contributed by atoms with Gasteiger partial charge in [0.25, 0.3) is 0 Å². The van der Waals surface area contributed by atoms with Gasteiger partial charge in [-0.1, -0.05) is 24.3 Å². The topological polar surface area (TPSA) is 118 Å². The first-order valence-corrected chi connectivity index (χ1v) is 13.6. The van der Waals surface area contributed by atoms with E-state index in [2.05, 4.69) is 5.32 Å². The van der Waals surface area contributed by atoms with Crippen LogP contribution in [0.1, 0.15) is 36.5 Å². The molecule has 2 aromatic carbocycles. The molecule has 204 valence electrons. The second-order valence-corrected chi connectivity index (χ2v) is 11.1. The van der Waals surface area contributed by atoms with Crippen LogP contribution in [0.3, 0.4) is 0 Å². The van der Waals surface area contributed by atoms with Gasteiger partial charge in [-0.3, -0.25) is 9.71 Å². The normalized spacial score (nSPS) is 17.9. The van der Waals surface area contributed by atoms with Gasteiger partial charge in [0.1, 0.15) is 17.7 Å². The molecule has 8 nitrogen and oxygen atoms in total. The zero-order valence-electron chi connectivity index (χ0n) is 21.1. The predicted molar refractivity (Wildman–Crippen MR) is 154 cm³/mol. The number of sulfonamides is 1. The summed E-state index contributed by atoms with van der Waals surface area (Å²) < 4.78 is 39.8. The molecule has 1 unspecified atom stereocenters. The van der Waals surface area contributed by atoms with Crippen LogP contribution in [0.5, 0.6) is 5.75 Å². The SMILES string of the molecule is CCS(=O)(=O)N1c2ccc(OC3CCNCC3)cc2CC1/C(=C\c1cccc(C(=N)N)c1)COC.Cl.Cl. The van der Waals surface area contributed by atoms with Gasteiger partial charge in [-0.15, -0.1) is 24.8 Å². The molecule has 11 heteroatoms. The lowest BCUT2D eigenvalue weighted by molar-refractivity contribution is 0.162. The van der Waals surface area contributed by atoms with Crippen molar-refractivity contribution in [3.05, 3.63) is 64.7 Å². The molecule has 2 aliphatic rings. The van der Waals surface area contributed by atoms with Crippen molar-refractivity contribution in [3.8, 4) is 5.75 Å². The standard InChI is InChI=1S/C26H34N4O4S.2ClH/c1-3-35(31,32)30-24-8-7-23(34-22-9-11-29-12-10-22)15-20(24)16-25(30)21(17-33-2)14-18-5-4-6-19(13-18)26(27)28;;/h4-8,13-15,22,25,29H,3,9-12,16-17H2,1-2H3,(H3,27,28);2*1H/b21-14-;;. The van der Waals surface area contributed by atoms with Gasteiger partial charge in [-0.25, -0.2) is 8.42 Å². The third-order valence-corrected chi connectivity index (χ3v) is 8.31. The molecule has 1 fully saturated rings. The van der Waals surface area contributed by atoms with Crippen LogP contribution < -0.4 is 20.1 Å². The van der Waals surface area contributed by atoms with Gasteiger partial charge in [-0.2, -0.15) is 0 Å². The summed E-state index contributed by atoms with van der Waals surface area (Å²) in [5.41, 5.74) is 9.58. The van der Waals surface area contributed by atoms with Crippen LogP contribution in [0.25, 0.3) is 6.08 Å². The van der Waals surface area contributed by atoms with Crippen molar-refractivity contribution in [2.75, 3.05) is 36.9 Å². The molecule has 2 aliphatic heterocycles. The summed E-state index contributed by atoms with van der Waals surface area (Å²) in [5.74, 6) is 0.756. The van der Waals surface area contributed by atoms with E-state index >= 15 is 0 Å². The van der Waals surface area contributed by atoms with E-state index in [9.17, 15) is 8.42 Å². The molecule has 0 amide bonds. The molecule has 1 saturated heterocycles. The zero-order valence-corrected chi connectivity index (χ0v) is 23.6. The quantitative estimate of drug-likeness (QED) is 0.312. The summed E-state index contributed by atoms with van der Waals surface area (Å²) >= 11 is 0. The Hall–Kier alpha value is -2.30. The molecular formula is C26H36Cl2N4O4S. The van der Waals surface area contributed by atoms with Gasteiger partial charge in [0.2, 0.25) is 10.0 Å². The molecule has 0 aromatic heterocycles. The molecule has 1 atom stereocenters. The summed E-state index contributed by atoms with van der Waals surface area (Å²) in [6, 6.07) is 12.6. The zero-order chi connectivity index (χ0) is 25.0. The average molecular weight is 572 g/mol. The number of rotatable bonds is 9. The lowest BCUT2D eigenvalue weighted by Crippen LogP contribution is -2.40. The van der Waals surface area contributed by atoms with Gasteiger partial charge < -0.3 is 20.5 Å². The molecule has 2 aromatic rings. The summed E-state index contributed by atoms with van der Waals surface area (Å²) in [6.07, 6.45) is 4.54. The Bertz CT molecular complexity index is 1220. The first kappa shape index (κ1) is 30.9. The van der Waals surface area contributed by atoms with E-state index in [1.54, 1.807) is 20.1 Å². The van der Waals surface area contributed by atoms with E-state index in [-0.39, 0.29) is 49.1 Å². The number of nitrogens with two attached hydrogens (primary N) is 1. The summed E-state index contributed by atoms with van der Waals surface area (Å²) in [4.78, 5) is 0. The summed E-state index contributed by atoms with van der Waals surface area (Å²) in [5, 5.41) is 11.1. The van der Waals surface area contributed by atoms with Crippen molar-refractivity contribution < 1.29 is 17.9 Å². The van der Waals surface area contributed by atoms with E-state index in [1.807, 2.05) is 42.5 Å². The van der Waals surface area contributed by atoms with E-state index in [4.69, 9.17) is 20.6 Å². The maximum Gasteiger partial charge on any atom is 0.235 e. The van der Waals surface area contributed by atoms with Gasteiger partial charge >= 0.3 is 0 Å². The fourth-order valence-corrected chi connectivity index (χ4v) is 6.11. The Balaban J connectivity index is 0.00000241. The van der Waals surface area contributed by atoms with Gasteiger partial charge in [-0.05, 0) is 73.8 Å². The Morgan fingerprint density at radius 2 is 1.92 bits per heavy atom. The number of nitrogens with zero attached hydrogens (tertiary/aromatic N) is 1. The molecule has 4 N–H and O–H groups in total. The van der Waals surface area contributed by atoms with Crippen LogP contribution in [0.4, 0.5) is 5.69 Å². The number of ether oxygens (including phenoxy) is 2. The van der Waals surface area contributed by atoms with Crippen LogP contribution in [0.2, 0.25) is 0 Å². The maximum atomic E-state index is 13.3. The number of fused-ring (bicyclic) bond motifs is 1. The number of nitrogens with one attached hydrogen (secondary N) is 2. The Kier molecular flexibility index (Phi) is 11.3. The molecule has 0 spiro atoms. The highest BCUT2D eigenvalue weighted by molar-refractivity contribution is 7.92. The fraction of sp³-hybridized carbons (Fsp3) is 0.423. The lowest BCUT2D eigenvalue weighted by atomic mass is 10.00. The van der Waals surface area contributed by atoms with Crippen molar-refractivity contribution in [1.29, 1.82) is 5.41 Å². The lowest BCUT2D eigenvalue weighted by Gasteiger charge is -2.28. The number of nitrogen functional groups attached to an aromatic ring is 1. The van der Waals surface area contributed by atoms with Gasteiger partial charge in [0, 0.05) is 19.1 Å². The molecule has 0 bridgehead atoms. The first-order valence-electron chi connectivity index (χ1n) is 12.0. The van der Waals surface area contributed by atoms with Crippen molar-refractivity contribution in [1.82, 2.24) is 5.32 Å². The Morgan fingerprint density at radius 1 is 1.19 bits per heavy atom. The number of hydrogen-bond donors (Lipinski definition) is 3. The second kappa shape index (κ2) is 13.5. The highest BCUT2D eigenvalue weighted by Crippen LogP contribution is 2.40. The van der Waals surface area contributed by atoms with Crippen molar-refractivity contribution in [2.45, 2.75) is 38.3 Å². The summed E-state index contributed by atoms with van der Waals surface area (Å²) in [6.45, 7) is 3.82. The maximum absolute atomic E-state index is 13.3. The minimum atomic E-state index is -3.54. The number of piperidine rings is 1. The molecule has 0 aliphatic carbocycles. The largest absolute Gasteiger partial charge is 0.490 e. The van der Waals surface area contributed by atoms with Crippen LogP contribution in [0.15, 0.2) is 48.0 Å². The van der Waals surface area contributed by atoms with Crippen LogP contribution in [0, 0.1) is 5.41 Å². The Morgan fingerprint density at radius 3 is 2.57 bits per heavy atom. The minimum absolute atomic E-state index is 0. The smallest absolute Gasteiger partial charge is 0.235 e. The van der Waals surface area contributed by atoms with Crippen LogP contribution in [-0.2, 0) is 21.2 Å². The second-order valence-electron chi connectivity index (χ2n) is 8.97. The van der Waals surface area contributed by atoms with Crippen molar-refractivity contribution in [3.63, 3.8) is 0 Å². The number of amidine groups is 1. The number of halogens is 2. The fourth-order valence-electron chi connectivity index (χ4n) is 4.75. The van der Waals surface area contributed by atoms with Crippen molar-refractivity contribution >= 4 is 52.4 Å².